The summed E-state index contributed by atoms with van der Waals surface area (Å²) in [5.74, 6) is 1.73. The van der Waals surface area contributed by atoms with Crippen molar-refractivity contribution in [3.63, 3.8) is 0 Å². The lowest BCUT2D eigenvalue weighted by molar-refractivity contribution is -0.135. The zero-order valence-electron chi connectivity index (χ0n) is 18.8. The van der Waals surface area contributed by atoms with Crippen LogP contribution in [0, 0.1) is 5.92 Å². The van der Waals surface area contributed by atoms with Gasteiger partial charge in [0.15, 0.2) is 0 Å². The summed E-state index contributed by atoms with van der Waals surface area (Å²) in [7, 11) is 0. The fourth-order valence-electron chi connectivity index (χ4n) is 3.86. The summed E-state index contributed by atoms with van der Waals surface area (Å²) < 4.78 is 5.70. The Kier molecular flexibility index (Phi) is 8.12. The minimum absolute atomic E-state index is 0.229. The molecule has 2 aliphatic rings. The molecule has 0 N–H and O–H groups in total. The third-order valence-electron chi connectivity index (χ3n) is 5.39. The maximum Gasteiger partial charge on any atom is 0.410 e. The van der Waals surface area contributed by atoms with E-state index in [2.05, 4.69) is 25.7 Å². The normalized spacial score (nSPS) is 22.3. The number of nitrogens with zero attached hydrogens (tertiary/aromatic N) is 2. The van der Waals surface area contributed by atoms with Crippen molar-refractivity contribution in [1.82, 2.24) is 9.80 Å². The number of rotatable bonds is 4. The van der Waals surface area contributed by atoms with Gasteiger partial charge in [-0.3, -0.25) is 4.79 Å². The van der Waals surface area contributed by atoms with Crippen LogP contribution >= 0.6 is 11.8 Å². The number of likely N-dealkylation sites (tertiary alicyclic amines) is 2. The lowest BCUT2D eigenvalue weighted by Gasteiger charge is -2.38. The number of carbonyl (C=O) groups excluding carboxylic acids is 2. The summed E-state index contributed by atoms with van der Waals surface area (Å²) in [4.78, 5) is 29.2. The topological polar surface area (TPSA) is 49.9 Å². The van der Waals surface area contributed by atoms with E-state index in [9.17, 15) is 9.59 Å². The number of thioether (sulfide) groups is 1. The Morgan fingerprint density at radius 3 is 2.18 bits per heavy atom. The molecule has 162 valence electrons. The first-order valence-corrected chi connectivity index (χ1v) is 11.8. The molecule has 2 heterocycles. The number of carbonyl (C=O) groups is 2. The van der Waals surface area contributed by atoms with Crippen LogP contribution in [0.5, 0.6) is 0 Å². The van der Waals surface area contributed by atoms with Crippen LogP contribution in [-0.2, 0) is 9.53 Å². The largest absolute Gasteiger partial charge is 0.444 e. The highest BCUT2D eigenvalue weighted by Gasteiger charge is 2.32. The van der Waals surface area contributed by atoms with Gasteiger partial charge in [0.1, 0.15) is 5.60 Å². The van der Waals surface area contributed by atoms with Gasteiger partial charge >= 0.3 is 6.09 Å². The van der Waals surface area contributed by atoms with E-state index in [0.717, 1.165) is 38.0 Å². The van der Waals surface area contributed by atoms with Crippen molar-refractivity contribution in [2.24, 2.45) is 5.92 Å². The second-order valence-electron chi connectivity index (χ2n) is 10.3. The molecule has 1 atom stereocenters. The molecule has 0 bridgehead atoms. The van der Waals surface area contributed by atoms with Crippen LogP contribution in [0.1, 0.15) is 80.1 Å². The Morgan fingerprint density at radius 1 is 0.964 bits per heavy atom. The fourth-order valence-corrected chi connectivity index (χ4v) is 4.90. The Hall–Kier alpha value is -0.910. The first-order chi connectivity index (χ1) is 12.9. The summed E-state index contributed by atoms with van der Waals surface area (Å²) in [6.45, 7) is 14.7. The highest BCUT2D eigenvalue weighted by Crippen LogP contribution is 2.30. The van der Waals surface area contributed by atoms with E-state index in [1.165, 1.54) is 6.42 Å². The third kappa shape index (κ3) is 7.84. The quantitative estimate of drug-likeness (QED) is 0.656. The van der Waals surface area contributed by atoms with Crippen molar-refractivity contribution in [3.8, 4) is 0 Å². The molecule has 0 aliphatic carbocycles. The Bertz CT molecular complexity index is 531. The summed E-state index contributed by atoms with van der Waals surface area (Å²) in [5.41, 5.74) is -0.460. The number of ether oxygens (including phenoxy) is 1. The van der Waals surface area contributed by atoms with Gasteiger partial charge in [-0.1, -0.05) is 20.8 Å². The van der Waals surface area contributed by atoms with Crippen LogP contribution in [0.3, 0.4) is 0 Å². The number of hydrogen-bond donors (Lipinski definition) is 0. The van der Waals surface area contributed by atoms with Crippen LogP contribution in [0.25, 0.3) is 0 Å². The van der Waals surface area contributed by atoms with Crippen molar-refractivity contribution >= 4 is 23.8 Å². The minimum Gasteiger partial charge on any atom is -0.444 e. The number of hydrogen-bond acceptors (Lipinski definition) is 4. The Labute approximate surface area is 175 Å². The molecular weight excluding hydrogens is 372 g/mol. The summed E-state index contributed by atoms with van der Waals surface area (Å²) >= 11 is 1.96. The molecule has 0 aromatic rings. The van der Waals surface area contributed by atoms with Crippen LogP contribution in [0.2, 0.25) is 0 Å². The molecule has 0 radical (unpaired) electrons. The molecule has 0 saturated carbocycles. The Morgan fingerprint density at radius 2 is 1.61 bits per heavy atom. The van der Waals surface area contributed by atoms with Gasteiger partial charge in [0.2, 0.25) is 5.91 Å². The van der Waals surface area contributed by atoms with Gasteiger partial charge in [-0.2, -0.15) is 11.8 Å². The molecule has 5 nitrogen and oxygen atoms in total. The van der Waals surface area contributed by atoms with Crippen molar-refractivity contribution in [1.29, 1.82) is 0 Å². The Balaban J connectivity index is 1.81. The van der Waals surface area contributed by atoms with E-state index < -0.39 is 5.60 Å². The predicted molar refractivity (Wildman–Crippen MR) is 117 cm³/mol. The molecule has 2 saturated heterocycles. The predicted octanol–water partition coefficient (Wildman–Crippen LogP) is 4.94. The lowest BCUT2D eigenvalue weighted by atomic mass is 9.92. The molecule has 0 spiro atoms. The van der Waals surface area contributed by atoms with Gasteiger partial charge < -0.3 is 14.5 Å². The highest BCUT2D eigenvalue weighted by atomic mass is 32.2. The van der Waals surface area contributed by atoms with Crippen molar-refractivity contribution in [2.75, 3.05) is 25.4 Å². The molecule has 0 aromatic heterocycles. The van der Waals surface area contributed by atoms with Crippen molar-refractivity contribution < 1.29 is 14.3 Å². The maximum atomic E-state index is 13.0. The van der Waals surface area contributed by atoms with Gasteiger partial charge in [-0.25, -0.2) is 4.79 Å². The zero-order chi connectivity index (χ0) is 20.9. The van der Waals surface area contributed by atoms with Crippen molar-refractivity contribution in [2.45, 2.75) is 96.5 Å². The van der Waals surface area contributed by atoms with Crippen molar-refractivity contribution in [3.05, 3.63) is 0 Å². The smallest absolute Gasteiger partial charge is 0.410 e. The first-order valence-electron chi connectivity index (χ1n) is 10.9. The van der Waals surface area contributed by atoms with E-state index >= 15 is 0 Å². The van der Waals surface area contributed by atoms with E-state index in [1.807, 2.05) is 32.5 Å². The molecule has 2 rings (SSSR count). The maximum absolute atomic E-state index is 13.0. The number of amides is 2. The molecule has 2 amide bonds. The SMILES string of the molecule is CC(C)(C)OC(=O)N1CCC(CC(=O)N2CCCC[C@@H]2CSC(C)(C)C)CC1. The monoisotopic (exact) mass is 412 g/mol. The fraction of sp³-hybridized carbons (Fsp3) is 0.909. The highest BCUT2D eigenvalue weighted by molar-refractivity contribution is 8.00. The van der Waals surface area contributed by atoms with Crippen LogP contribution < -0.4 is 0 Å². The average Bonchev–Trinajstić information content (AvgIpc) is 2.58. The van der Waals surface area contributed by atoms with Gasteiger partial charge in [-0.15, -0.1) is 0 Å². The molecule has 0 aromatic carbocycles. The lowest BCUT2D eigenvalue weighted by Crippen LogP contribution is -2.47. The van der Waals surface area contributed by atoms with E-state index in [1.54, 1.807) is 4.90 Å². The minimum atomic E-state index is -0.460. The molecule has 0 unspecified atom stereocenters. The molecule has 2 aliphatic heterocycles. The van der Waals surface area contributed by atoms with E-state index in [4.69, 9.17) is 4.74 Å². The zero-order valence-corrected chi connectivity index (χ0v) is 19.6. The molecule has 28 heavy (non-hydrogen) atoms. The molecular formula is C22H40N2O3S. The average molecular weight is 413 g/mol. The summed E-state index contributed by atoms with van der Waals surface area (Å²) in [6, 6.07) is 0.382. The number of piperidine rings is 2. The summed E-state index contributed by atoms with van der Waals surface area (Å²) in [5, 5.41) is 0. The van der Waals surface area contributed by atoms with E-state index in [-0.39, 0.29) is 10.8 Å². The third-order valence-corrected chi connectivity index (χ3v) is 6.80. The second kappa shape index (κ2) is 9.73. The summed E-state index contributed by atoms with van der Waals surface area (Å²) in [6.07, 6.45) is 5.66. The molecule has 2 fully saturated rings. The van der Waals surface area contributed by atoms with Crippen LogP contribution in [0.15, 0.2) is 0 Å². The standard InChI is InChI=1S/C22H40N2O3S/c1-21(2,3)27-20(26)23-13-10-17(11-14-23)15-19(25)24-12-8-7-9-18(24)16-28-22(4,5)6/h17-18H,7-16H2,1-6H3/t18-/m1/s1. The van der Waals surface area contributed by atoms with Crippen LogP contribution in [-0.4, -0.2) is 63.6 Å². The van der Waals surface area contributed by atoms with Crippen LogP contribution in [0.4, 0.5) is 4.79 Å². The van der Waals surface area contributed by atoms with Gasteiger partial charge in [0, 0.05) is 42.6 Å². The van der Waals surface area contributed by atoms with Gasteiger partial charge in [0.25, 0.3) is 0 Å². The molecule has 6 heteroatoms. The van der Waals surface area contributed by atoms with Gasteiger partial charge in [0.05, 0.1) is 0 Å². The van der Waals surface area contributed by atoms with Gasteiger partial charge in [-0.05, 0) is 58.8 Å². The first kappa shape index (κ1) is 23.4. The van der Waals surface area contributed by atoms with E-state index in [0.29, 0.717) is 37.4 Å². The second-order valence-corrected chi connectivity index (χ2v) is 12.1.